The molecule has 0 aromatic rings. The minimum absolute atomic E-state index is 0.111. The van der Waals surface area contributed by atoms with Crippen LogP contribution in [0.1, 0.15) is 136 Å². The second-order valence-corrected chi connectivity index (χ2v) is 14.9. The molecule has 13 heteroatoms. The van der Waals surface area contributed by atoms with Crippen LogP contribution in [-0.4, -0.2) is 65.7 Å². The highest BCUT2D eigenvalue weighted by Crippen LogP contribution is 2.43. The van der Waals surface area contributed by atoms with E-state index in [9.17, 15) is 28.6 Å². The molecule has 0 aliphatic rings. The van der Waals surface area contributed by atoms with Crippen LogP contribution in [0.5, 0.6) is 0 Å². The summed E-state index contributed by atoms with van der Waals surface area (Å²) in [5.41, 5.74) is 5.32. The molecule has 0 aromatic heterocycles. The van der Waals surface area contributed by atoms with Crippen LogP contribution in [0.4, 0.5) is 0 Å². The Balaban J connectivity index is 4.58. The van der Waals surface area contributed by atoms with Crippen LogP contribution in [0.15, 0.2) is 85.1 Å². The summed E-state index contributed by atoms with van der Waals surface area (Å²) in [6, 6.07) is -1.55. The fourth-order valence-electron chi connectivity index (χ4n) is 4.85. The third kappa shape index (κ3) is 37.7. The van der Waals surface area contributed by atoms with Gasteiger partial charge in [-0.15, -0.1) is 0 Å². The lowest BCUT2D eigenvalue weighted by atomic mass is 10.1. The number of carboxylic acid groups (broad SMARTS) is 1. The van der Waals surface area contributed by atoms with Gasteiger partial charge in [0.1, 0.15) is 12.6 Å². The number of esters is 2. The molecule has 0 aromatic carbocycles. The van der Waals surface area contributed by atoms with Gasteiger partial charge in [0.2, 0.25) is 0 Å². The van der Waals surface area contributed by atoms with E-state index in [0.717, 1.165) is 83.5 Å². The van der Waals surface area contributed by atoms with Gasteiger partial charge >= 0.3 is 25.7 Å². The summed E-state index contributed by atoms with van der Waals surface area (Å²) in [5.74, 6) is -2.38. The van der Waals surface area contributed by atoms with Crippen molar-refractivity contribution in [1.82, 2.24) is 0 Å². The van der Waals surface area contributed by atoms with Crippen LogP contribution in [-0.2, 0) is 42.3 Å². The van der Waals surface area contributed by atoms with E-state index in [0.29, 0.717) is 25.7 Å². The van der Waals surface area contributed by atoms with Gasteiger partial charge in [0.25, 0.3) is 0 Å². The number of carbonyl (C=O) groups excluding carboxylic acids is 3. The van der Waals surface area contributed by atoms with Crippen LogP contribution < -0.4 is 5.73 Å². The van der Waals surface area contributed by atoms with Gasteiger partial charge in [-0.25, -0.2) is 4.57 Å². The average Bonchev–Trinajstić information content (AvgIpc) is 3.18. The summed E-state index contributed by atoms with van der Waals surface area (Å²) >= 11 is 0. The molecule has 0 aliphatic carbocycles. The van der Waals surface area contributed by atoms with E-state index < -0.39 is 57.7 Å². The molecule has 0 aliphatic heterocycles. The molecule has 322 valence electrons. The Bertz CT molecular complexity index is 1350. The van der Waals surface area contributed by atoms with Crippen molar-refractivity contribution in [2.45, 2.75) is 148 Å². The van der Waals surface area contributed by atoms with E-state index in [4.69, 9.17) is 24.8 Å². The summed E-state index contributed by atoms with van der Waals surface area (Å²) in [6.45, 7) is 2.41. The summed E-state index contributed by atoms with van der Waals surface area (Å²) < 4.78 is 32.5. The largest absolute Gasteiger partial charge is 0.480 e. The third-order valence-electron chi connectivity index (χ3n) is 8.10. The van der Waals surface area contributed by atoms with Gasteiger partial charge < -0.3 is 25.2 Å². The van der Waals surface area contributed by atoms with Crippen molar-refractivity contribution in [3.05, 3.63) is 85.1 Å². The number of hydrogen-bond donors (Lipinski definition) is 3. The van der Waals surface area contributed by atoms with E-state index in [-0.39, 0.29) is 18.6 Å². The standard InChI is InChI=1S/C44H70NO11P/c1-3-5-7-8-9-10-11-12-13-14-17-21-24-27-31-35-43(48)56-40(37-54-57(51,52)55-38-41(45)44(49)50)36-53-42(47)34-30-26-23-20-18-15-16-19-22-25-29-33-39(46)32-28-6-4-2/h5,7,9-10,12-13,15-16,20,22-23,25,29,33,40-41H,3-4,6,8,11,14,17-19,21,24,26-28,30-32,34-38,45H2,1-2H3,(H,49,50)(H,51,52)/b7-5-,10-9-,13-12-,16-15-,23-20-,25-22-,33-29+/t40-,41+/m1/s1. The number of unbranched alkanes of at least 4 members (excludes halogenated alkanes) is 8. The number of carbonyl (C=O) groups is 4. The van der Waals surface area contributed by atoms with Crippen LogP contribution in [0, 0.1) is 0 Å². The summed E-state index contributed by atoms with van der Waals surface area (Å²) in [4.78, 5) is 57.6. The molecule has 3 atom stereocenters. The maximum Gasteiger partial charge on any atom is 0.472 e. The average molecular weight is 820 g/mol. The Labute approximate surface area is 341 Å². The molecule has 0 saturated heterocycles. The van der Waals surface area contributed by atoms with E-state index in [2.05, 4.69) is 54.8 Å². The minimum atomic E-state index is -4.75. The first-order valence-corrected chi connectivity index (χ1v) is 22.1. The minimum Gasteiger partial charge on any atom is -0.480 e. The second kappa shape index (κ2) is 37.9. The fraction of sp³-hybridized carbons (Fsp3) is 0.591. The van der Waals surface area contributed by atoms with Crippen molar-refractivity contribution in [2.24, 2.45) is 5.73 Å². The lowest BCUT2D eigenvalue weighted by Crippen LogP contribution is -2.34. The first kappa shape index (κ1) is 53.3. The fourth-order valence-corrected chi connectivity index (χ4v) is 5.63. The van der Waals surface area contributed by atoms with E-state index in [1.165, 1.54) is 0 Å². The molecular formula is C44H70NO11P. The monoisotopic (exact) mass is 819 g/mol. The number of carboxylic acids is 1. The van der Waals surface area contributed by atoms with Gasteiger partial charge in [0.15, 0.2) is 11.9 Å². The molecule has 1 unspecified atom stereocenters. The zero-order valence-corrected chi connectivity index (χ0v) is 35.3. The lowest BCUT2D eigenvalue weighted by molar-refractivity contribution is -0.161. The molecule has 0 fully saturated rings. The van der Waals surface area contributed by atoms with E-state index >= 15 is 0 Å². The highest BCUT2D eigenvalue weighted by atomic mass is 31.2. The Morgan fingerprint density at radius 3 is 1.81 bits per heavy atom. The summed E-state index contributed by atoms with van der Waals surface area (Å²) in [7, 11) is -4.75. The number of rotatable bonds is 37. The molecule has 12 nitrogen and oxygen atoms in total. The van der Waals surface area contributed by atoms with Gasteiger partial charge in [0.05, 0.1) is 13.2 Å². The summed E-state index contributed by atoms with van der Waals surface area (Å²) in [6.07, 6.45) is 42.1. The smallest absolute Gasteiger partial charge is 0.472 e. The van der Waals surface area contributed by atoms with E-state index in [1.54, 1.807) is 12.2 Å². The van der Waals surface area contributed by atoms with Crippen molar-refractivity contribution >= 4 is 31.5 Å². The SMILES string of the molecule is CC/C=C\C/C=C\C/C=C\CCCCCCCC(=O)O[C@H](COC(=O)CCC/C=C\C/C=C\C/C=C\C=C\C(=O)CCCCC)COP(=O)(O)OC[C@H](N)C(=O)O. The van der Waals surface area contributed by atoms with Crippen molar-refractivity contribution < 1.29 is 52.3 Å². The molecule has 0 heterocycles. The Kier molecular flexibility index (Phi) is 35.4. The predicted octanol–water partition coefficient (Wildman–Crippen LogP) is 9.90. The number of ether oxygens (including phenoxy) is 2. The van der Waals surface area contributed by atoms with Crippen molar-refractivity contribution in [2.75, 3.05) is 19.8 Å². The normalized spacial score (nSPS) is 14.5. The Morgan fingerprint density at radius 1 is 0.614 bits per heavy atom. The molecule has 4 N–H and O–H groups in total. The summed E-state index contributed by atoms with van der Waals surface area (Å²) in [5, 5.41) is 8.87. The van der Waals surface area contributed by atoms with Crippen molar-refractivity contribution in [3.63, 3.8) is 0 Å². The Morgan fingerprint density at radius 2 is 1.16 bits per heavy atom. The molecule has 0 radical (unpaired) electrons. The number of allylic oxidation sites excluding steroid dienone is 14. The second-order valence-electron chi connectivity index (χ2n) is 13.4. The molecular weight excluding hydrogens is 749 g/mol. The lowest BCUT2D eigenvalue weighted by Gasteiger charge is -2.20. The van der Waals surface area contributed by atoms with Crippen LogP contribution in [0.2, 0.25) is 0 Å². The first-order valence-electron chi connectivity index (χ1n) is 20.6. The zero-order chi connectivity index (χ0) is 42.2. The molecule has 0 saturated carbocycles. The Hall–Kier alpha value is -3.67. The molecule has 57 heavy (non-hydrogen) atoms. The number of hydrogen-bond acceptors (Lipinski definition) is 10. The number of phosphoric ester groups is 1. The topological polar surface area (TPSA) is 189 Å². The third-order valence-corrected chi connectivity index (χ3v) is 9.05. The highest BCUT2D eigenvalue weighted by Gasteiger charge is 2.28. The van der Waals surface area contributed by atoms with Gasteiger partial charge in [-0.1, -0.05) is 125 Å². The van der Waals surface area contributed by atoms with Gasteiger partial charge in [-0.3, -0.25) is 28.2 Å². The van der Waals surface area contributed by atoms with Crippen molar-refractivity contribution in [3.8, 4) is 0 Å². The number of phosphoric acid groups is 1. The van der Waals surface area contributed by atoms with Crippen LogP contribution in [0.25, 0.3) is 0 Å². The molecule has 0 amide bonds. The maximum atomic E-state index is 12.6. The molecule has 0 spiro atoms. The van der Waals surface area contributed by atoms with Gasteiger partial charge in [0, 0.05) is 19.3 Å². The van der Waals surface area contributed by atoms with Crippen LogP contribution in [0.3, 0.4) is 0 Å². The highest BCUT2D eigenvalue weighted by molar-refractivity contribution is 7.47. The number of aliphatic carboxylic acids is 1. The quantitative estimate of drug-likeness (QED) is 0.0135. The maximum absolute atomic E-state index is 12.6. The number of nitrogens with two attached hydrogens (primary N) is 1. The van der Waals surface area contributed by atoms with Crippen LogP contribution >= 0.6 is 7.82 Å². The van der Waals surface area contributed by atoms with Gasteiger partial charge in [-0.05, 0) is 76.7 Å². The van der Waals surface area contributed by atoms with Crippen molar-refractivity contribution in [1.29, 1.82) is 0 Å². The molecule has 0 rings (SSSR count). The predicted molar refractivity (Wildman–Crippen MR) is 226 cm³/mol. The molecule has 0 bridgehead atoms. The van der Waals surface area contributed by atoms with Gasteiger partial charge in [-0.2, -0.15) is 0 Å². The zero-order valence-electron chi connectivity index (χ0n) is 34.4. The number of ketones is 1. The van der Waals surface area contributed by atoms with E-state index in [1.807, 2.05) is 36.5 Å². The first-order chi connectivity index (χ1) is 27.5.